The molecule has 356 valence electrons. The van der Waals surface area contributed by atoms with Crippen molar-refractivity contribution in [1.82, 2.24) is 4.57 Å². The zero-order valence-electron chi connectivity index (χ0n) is 39.2. The van der Waals surface area contributed by atoms with Gasteiger partial charge < -0.3 is 42.5 Å². The van der Waals surface area contributed by atoms with Crippen LogP contribution < -0.4 is 0 Å². The first-order valence-electron chi connectivity index (χ1n) is 24.0. The second kappa shape index (κ2) is 22.8. The molecule has 2 aliphatic rings. The lowest BCUT2D eigenvalue weighted by Gasteiger charge is -2.46. The maximum atomic E-state index is 13.3. The van der Waals surface area contributed by atoms with E-state index in [0.717, 1.165) is 55.4 Å². The number of carbonyl (C=O) groups is 1. The van der Waals surface area contributed by atoms with Crippen LogP contribution in [-0.4, -0.2) is 54.5 Å². The summed E-state index contributed by atoms with van der Waals surface area (Å²) in [6, 6.07) is 64.2. The smallest absolute Gasteiger partial charge is 0.340 e. The van der Waals surface area contributed by atoms with E-state index in [-0.39, 0.29) is 13.2 Å². The third kappa shape index (κ3) is 11.5. The predicted molar refractivity (Wildman–Crippen MR) is 266 cm³/mol. The quantitative estimate of drug-likeness (QED) is 0.0735. The molecule has 7 aromatic carbocycles. The third-order valence-corrected chi connectivity index (χ3v) is 12.8. The SMILES string of the molecule is Cc1cccc2c1c(Cc1ccc(C(=O)OC3COC(c4ccccc4)O3)cc1)cn2[C@@H]1O[C@H](COCc2ccccc2)[C@@H](OCc2ccccc2)[C@H](OCc2ccccc2)[C@H]1OCc1ccccc1. The molecule has 7 atom stereocenters. The van der Waals surface area contributed by atoms with Crippen molar-refractivity contribution in [3.05, 3.63) is 250 Å². The summed E-state index contributed by atoms with van der Waals surface area (Å²) in [4.78, 5) is 13.3. The highest BCUT2D eigenvalue weighted by Gasteiger charge is 2.49. The summed E-state index contributed by atoms with van der Waals surface area (Å²) >= 11 is 0. The van der Waals surface area contributed by atoms with Crippen LogP contribution in [0.1, 0.15) is 67.4 Å². The molecule has 3 heterocycles. The molecule has 8 aromatic rings. The average molecular weight is 936 g/mol. The van der Waals surface area contributed by atoms with Crippen LogP contribution in [0.5, 0.6) is 0 Å². The van der Waals surface area contributed by atoms with Gasteiger partial charge in [0.25, 0.3) is 0 Å². The summed E-state index contributed by atoms with van der Waals surface area (Å²) < 4.78 is 54.7. The van der Waals surface area contributed by atoms with Gasteiger partial charge >= 0.3 is 5.97 Å². The van der Waals surface area contributed by atoms with Crippen molar-refractivity contribution in [2.75, 3.05) is 13.2 Å². The number of rotatable bonds is 19. The van der Waals surface area contributed by atoms with Crippen molar-refractivity contribution in [1.29, 1.82) is 0 Å². The lowest BCUT2D eigenvalue weighted by molar-refractivity contribution is -0.289. The van der Waals surface area contributed by atoms with Crippen molar-refractivity contribution in [2.24, 2.45) is 0 Å². The van der Waals surface area contributed by atoms with E-state index in [1.165, 1.54) is 0 Å². The fourth-order valence-corrected chi connectivity index (χ4v) is 9.32. The molecule has 1 aromatic heterocycles. The molecule has 2 aliphatic heterocycles. The van der Waals surface area contributed by atoms with E-state index in [9.17, 15) is 4.79 Å². The molecule has 0 amide bonds. The van der Waals surface area contributed by atoms with Crippen LogP contribution in [0, 0.1) is 6.92 Å². The van der Waals surface area contributed by atoms with Gasteiger partial charge in [0.15, 0.2) is 12.5 Å². The Bertz CT molecular complexity index is 2880. The second-order valence-corrected chi connectivity index (χ2v) is 17.8. The number of fused-ring (bicyclic) bond motifs is 1. The molecule has 10 nitrogen and oxygen atoms in total. The van der Waals surface area contributed by atoms with Crippen LogP contribution >= 0.6 is 0 Å². The maximum absolute atomic E-state index is 13.3. The first-order valence-corrected chi connectivity index (χ1v) is 24.0. The van der Waals surface area contributed by atoms with E-state index in [2.05, 4.69) is 84.4 Å². The van der Waals surface area contributed by atoms with Crippen LogP contribution in [0.2, 0.25) is 0 Å². The zero-order chi connectivity index (χ0) is 47.5. The van der Waals surface area contributed by atoms with Gasteiger partial charge in [-0.15, -0.1) is 0 Å². The van der Waals surface area contributed by atoms with Crippen molar-refractivity contribution in [2.45, 2.75) is 83.0 Å². The molecule has 0 saturated carbocycles. The van der Waals surface area contributed by atoms with Gasteiger partial charge in [0, 0.05) is 17.1 Å². The molecule has 0 aliphatic carbocycles. The Balaban J connectivity index is 0.970. The summed E-state index contributed by atoms with van der Waals surface area (Å²) in [5.41, 5.74) is 9.70. The Morgan fingerprint density at radius 1 is 0.557 bits per heavy atom. The van der Waals surface area contributed by atoms with Crippen LogP contribution in [-0.2, 0) is 70.7 Å². The number of benzene rings is 7. The minimum absolute atomic E-state index is 0.151. The Hall–Kier alpha value is -6.73. The largest absolute Gasteiger partial charge is 0.429 e. The second-order valence-electron chi connectivity index (χ2n) is 17.8. The first kappa shape index (κ1) is 47.0. The van der Waals surface area contributed by atoms with E-state index in [1.807, 2.05) is 115 Å². The Morgan fingerprint density at radius 2 is 1.10 bits per heavy atom. The number of esters is 1. The summed E-state index contributed by atoms with van der Waals surface area (Å²) in [6.07, 6.45) is -1.65. The van der Waals surface area contributed by atoms with E-state index in [0.29, 0.717) is 38.4 Å². The predicted octanol–water partition coefficient (Wildman–Crippen LogP) is 11.6. The number of hydrogen-bond donors (Lipinski definition) is 0. The highest BCUT2D eigenvalue weighted by Crippen LogP contribution is 2.40. The molecule has 0 bridgehead atoms. The van der Waals surface area contributed by atoms with E-state index < -0.39 is 49.2 Å². The van der Waals surface area contributed by atoms with Crippen LogP contribution in [0.4, 0.5) is 0 Å². The van der Waals surface area contributed by atoms with Crippen LogP contribution in [0.25, 0.3) is 10.9 Å². The van der Waals surface area contributed by atoms with Crippen LogP contribution in [0.3, 0.4) is 0 Å². The van der Waals surface area contributed by atoms with Crippen LogP contribution in [0.15, 0.2) is 200 Å². The zero-order valence-corrected chi connectivity index (χ0v) is 39.2. The highest BCUT2D eigenvalue weighted by atomic mass is 16.8. The van der Waals surface area contributed by atoms with Gasteiger partial charge in [-0.1, -0.05) is 176 Å². The molecular weight excluding hydrogens is 879 g/mol. The van der Waals surface area contributed by atoms with Gasteiger partial charge in [-0.2, -0.15) is 0 Å². The average Bonchev–Trinajstić information content (AvgIpc) is 4.04. The third-order valence-electron chi connectivity index (χ3n) is 12.8. The molecule has 10 rings (SSSR count). The van der Waals surface area contributed by atoms with Gasteiger partial charge in [-0.05, 0) is 70.5 Å². The lowest BCUT2D eigenvalue weighted by atomic mass is 9.96. The van der Waals surface area contributed by atoms with E-state index in [1.54, 1.807) is 12.1 Å². The van der Waals surface area contributed by atoms with Crippen molar-refractivity contribution >= 4 is 16.9 Å². The molecule has 70 heavy (non-hydrogen) atoms. The Kier molecular flexibility index (Phi) is 15.3. The van der Waals surface area contributed by atoms with Gasteiger partial charge in [0.2, 0.25) is 6.29 Å². The Labute approximate surface area is 409 Å². The highest BCUT2D eigenvalue weighted by molar-refractivity contribution is 5.90. The van der Waals surface area contributed by atoms with Gasteiger partial charge in [0.1, 0.15) is 31.0 Å². The number of carbonyl (C=O) groups excluding carboxylic acids is 1. The van der Waals surface area contributed by atoms with Gasteiger partial charge in [-0.3, -0.25) is 0 Å². The minimum Gasteiger partial charge on any atom is -0.429 e. The lowest BCUT2D eigenvalue weighted by Crippen LogP contribution is -2.59. The number of aromatic nitrogens is 1. The number of nitrogens with zero attached hydrogens (tertiary/aromatic N) is 1. The molecule has 2 saturated heterocycles. The number of aryl methyl sites for hydroxylation is 1. The minimum atomic E-state index is -0.807. The maximum Gasteiger partial charge on any atom is 0.340 e. The number of hydrogen-bond acceptors (Lipinski definition) is 9. The van der Waals surface area contributed by atoms with Gasteiger partial charge in [0.05, 0.1) is 44.1 Å². The summed E-state index contributed by atoms with van der Waals surface area (Å²) in [5, 5.41) is 1.11. The van der Waals surface area contributed by atoms with Gasteiger partial charge in [-0.25, -0.2) is 4.79 Å². The van der Waals surface area contributed by atoms with Crippen molar-refractivity contribution < 1.29 is 42.7 Å². The van der Waals surface area contributed by atoms with E-state index >= 15 is 0 Å². The normalized spacial score (nSPS) is 21.2. The molecule has 0 spiro atoms. The monoisotopic (exact) mass is 935 g/mol. The molecule has 2 unspecified atom stereocenters. The fourth-order valence-electron chi connectivity index (χ4n) is 9.32. The van der Waals surface area contributed by atoms with Crippen molar-refractivity contribution in [3.63, 3.8) is 0 Å². The Morgan fingerprint density at radius 3 is 1.70 bits per heavy atom. The summed E-state index contributed by atoms with van der Waals surface area (Å²) in [5.74, 6) is -0.477. The molecule has 0 N–H and O–H groups in total. The molecule has 10 heteroatoms. The summed E-state index contributed by atoms with van der Waals surface area (Å²) in [6.45, 7) is 3.94. The summed E-state index contributed by atoms with van der Waals surface area (Å²) in [7, 11) is 0. The molecule has 2 fully saturated rings. The van der Waals surface area contributed by atoms with Crippen molar-refractivity contribution in [3.8, 4) is 0 Å². The topological polar surface area (TPSA) is 95.8 Å². The first-order chi connectivity index (χ1) is 34.5. The standard InChI is InChI=1S/C60H57NO9/c1-42-18-17-29-51-54(42)50(34-43-30-32-48(33-31-43)59(62)69-53-41-67-60(70-53)49-27-15-6-16-28-49)35-61(51)58-57(66-39-47-25-13-5-14-26-47)56(65-38-46-23-11-4-12-24-46)55(64-37-45-21-9-3-10-22-45)52(68-58)40-63-36-44-19-7-2-8-20-44/h2-33,35,52-53,55-58,60H,34,36-41H2,1H3/t52-,53?,55-,56+,57-,58-,60?/m1/s1. The fraction of sp³-hybridized carbons (Fsp3) is 0.250. The molecular formula is C60H57NO9. The molecule has 0 radical (unpaired) electrons. The van der Waals surface area contributed by atoms with E-state index in [4.69, 9.17) is 37.9 Å². The number of ether oxygens (including phenoxy) is 8.